The van der Waals surface area contributed by atoms with Crippen LogP contribution in [0.15, 0.2) is 48.8 Å². The number of amides is 1. The van der Waals surface area contributed by atoms with Gasteiger partial charge in [-0.2, -0.15) is 18.4 Å². The number of hydrogen-bond donors (Lipinski definition) is 2. The van der Waals surface area contributed by atoms with Crippen LogP contribution in [0.5, 0.6) is 0 Å². The zero-order valence-electron chi connectivity index (χ0n) is 22.6. The molecule has 1 fully saturated rings. The van der Waals surface area contributed by atoms with Gasteiger partial charge in [0.15, 0.2) is 5.82 Å². The first-order chi connectivity index (χ1) is 20.2. The lowest BCUT2D eigenvalue weighted by atomic mass is 9.96. The SMILES string of the molecule is Cn1cnnc1-c1cc(C#N)ccc1-c1cc(C2CC2)nc(N2Cc3c(cc(CNCCO)cc3C(F)(F)F)C2=O)c1. The van der Waals surface area contributed by atoms with Crippen LogP contribution >= 0.6 is 0 Å². The number of anilines is 1. The summed E-state index contributed by atoms with van der Waals surface area (Å²) in [6, 6.07) is 13.5. The quantitative estimate of drug-likeness (QED) is 0.297. The third-order valence-electron chi connectivity index (χ3n) is 7.54. The van der Waals surface area contributed by atoms with Gasteiger partial charge in [-0.1, -0.05) is 6.07 Å². The number of rotatable bonds is 8. The molecule has 0 bridgehead atoms. The van der Waals surface area contributed by atoms with Gasteiger partial charge in [-0.3, -0.25) is 9.69 Å². The van der Waals surface area contributed by atoms with E-state index in [0.29, 0.717) is 28.1 Å². The number of aromatic nitrogens is 4. The Morgan fingerprint density at radius 2 is 1.93 bits per heavy atom. The predicted molar refractivity (Wildman–Crippen MR) is 147 cm³/mol. The molecule has 42 heavy (non-hydrogen) atoms. The second-order valence-corrected chi connectivity index (χ2v) is 10.5. The highest BCUT2D eigenvalue weighted by Crippen LogP contribution is 2.44. The summed E-state index contributed by atoms with van der Waals surface area (Å²) in [5, 5.41) is 29.6. The van der Waals surface area contributed by atoms with E-state index in [2.05, 4.69) is 21.6 Å². The second-order valence-electron chi connectivity index (χ2n) is 10.5. The van der Waals surface area contributed by atoms with E-state index in [4.69, 9.17) is 10.1 Å². The number of carbonyl (C=O) groups excluding carboxylic acids is 1. The van der Waals surface area contributed by atoms with Gasteiger partial charge in [0, 0.05) is 42.9 Å². The fourth-order valence-corrected chi connectivity index (χ4v) is 5.32. The normalized spacial score (nSPS) is 14.8. The van der Waals surface area contributed by atoms with Gasteiger partial charge in [-0.15, -0.1) is 10.2 Å². The monoisotopic (exact) mass is 573 g/mol. The minimum Gasteiger partial charge on any atom is -0.395 e. The Morgan fingerprint density at radius 3 is 2.60 bits per heavy atom. The van der Waals surface area contributed by atoms with Gasteiger partial charge in [-0.25, -0.2) is 4.98 Å². The Labute approximate surface area is 239 Å². The van der Waals surface area contributed by atoms with Crippen molar-refractivity contribution in [2.24, 2.45) is 7.05 Å². The fraction of sp³-hybridized carbons (Fsp3) is 0.300. The number of aliphatic hydroxyl groups excluding tert-OH is 1. The highest BCUT2D eigenvalue weighted by atomic mass is 19.4. The number of aliphatic hydroxyl groups is 1. The number of halogens is 3. The zero-order chi connectivity index (χ0) is 29.6. The van der Waals surface area contributed by atoms with E-state index in [1.54, 1.807) is 42.2 Å². The van der Waals surface area contributed by atoms with E-state index in [9.17, 15) is 23.2 Å². The highest BCUT2D eigenvalue weighted by molar-refractivity contribution is 6.10. The molecule has 0 radical (unpaired) electrons. The van der Waals surface area contributed by atoms with E-state index in [1.165, 1.54) is 11.0 Å². The van der Waals surface area contributed by atoms with Crippen LogP contribution in [0.4, 0.5) is 19.0 Å². The highest BCUT2D eigenvalue weighted by Gasteiger charge is 2.41. The average molecular weight is 574 g/mol. The van der Waals surface area contributed by atoms with Crippen LogP contribution in [-0.2, 0) is 26.3 Å². The summed E-state index contributed by atoms with van der Waals surface area (Å²) in [7, 11) is 1.79. The van der Waals surface area contributed by atoms with Crippen molar-refractivity contribution in [1.29, 1.82) is 5.26 Å². The number of fused-ring (bicyclic) bond motifs is 1. The number of alkyl halides is 3. The molecular formula is C30H26F3N7O2. The maximum absolute atomic E-state index is 14.2. The number of nitrogens with one attached hydrogen (secondary N) is 1. The Morgan fingerprint density at radius 1 is 1.12 bits per heavy atom. The number of nitriles is 1. The van der Waals surface area contributed by atoms with Gasteiger partial charge in [0.1, 0.15) is 12.1 Å². The lowest BCUT2D eigenvalue weighted by molar-refractivity contribution is -0.138. The first kappa shape index (κ1) is 27.6. The fourth-order valence-electron chi connectivity index (χ4n) is 5.32. The second kappa shape index (κ2) is 10.7. The molecule has 1 amide bonds. The Kier molecular flexibility index (Phi) is 7.00. The van der Waals surface area contributed by atoms with E-state index >= 15 is 0 Å². The maximum atomic E-state index is 14.2. The van der Waals surface area contributed by atoms with Crippen molar-refractivity contribution in [2.75, 3.05) is 18.1 Å². The Hall–Kier alpha value is -4.60. The smallest absolute Gasteiger partial charge is 0.395 e. The van der Waals surface area contributed by atoms with Crippen LogP contribution in [0.2, 0.25) is 0 Å². The molecule has 1 aliphatic heterocycles. The molecule has 12 heteroatoms. The van der Waals surface area contributed by atoms with Gasteiger partial charge in [0.2, 0.25) is 0 Å². The number of benzene rings is 2. The molecule has 3 heterocycles. The summed E-state index contributed by atoms with van der Waals surface area (Å²) in [6.07, 6.45) is -1.25. The van der Waals surface area contributed by atoms with E-state index in [-0.39, 0.29) is 49.1 Å². The molecule has 2 aliphatic rings. The Balaban J connectivity index is 1.45. The van der Waals surface area contributed by atoms with Gasteiger partial charge in [0.25, 0.3) is 5.91 Å². The summed E-state index contributed by atoms with van der Waals surface area (Å²) >= 11 is 0. The van der Waals surface area contributed by atoms with Gasteiger partial charge in [-0.05, 0) is 71.5 Å². The summed E-state index contributed by atoms with van der Waals surface area (Å²) in [4.78, 5) is 19.7. The molecule has 0 spiro atoms. The van der Waals surface area contributed by atoms with Crippen molar-refractivity contribution >= 4 is 11.7 Å². The lowest BCUT2D eigenvalue weighted by Crippen LogP contribution is -2.24. The molecule has 2 aromatic carbocycles. The van der Waals surface area contributed by atoms with Crippen molar-refractivity contribution in [3.05, 3.63) is 82.3 Å². The molecule has 6 rings (SSSR count). The number of hydrogen-bond acceptors (Lipinski definition) is 7. The summed E-state index contributed by atoms with van der Waals surface area (Å²) in [6.45, 7) is -0.137. The lowest BCUT2D eigenvalue weighted by Gasteiger charge is -2.19. The molecule has 0 saturated heterocycles. The van der Waals surface area contributed by atoms with Crippen LogP contribution in [0.3, 0.4) is 0 Å². The summed E-state index contributed by atoms with van der Waals surface area (Å²) in [5.74, 6) is 0.432. The molecule has 1 saturated carbocycles. The van der Waals surface area contributed by atoms with Crippen molar-refractivity contribution in [3.8, 4) is 28.6 Å². The van der Waals surface area contributed by atoms with Gasteiger partial charge in [0.05, 0.1) is 30.3 Å². The van der Waals surface area contributed by atoms with Crippen LogP contribution in [0, 0.1) is 11.3 Å². The van der Waals surface area contributed by atoms with Crippen LogP contribution in [0.1, 0.15) is 57.1 Å². The van der Waals surface area contributed by atoms with E-state index in [1.807, 2.05) is 6.07 Å². The third kappa shape index (κ3) is 5.13. The third-order valence-corrected chi connectivity index (χ3v) is 7.54. The van der Waals surface area contributed by atoms with Crippen LogP contribution in [0.25, 0.3) is 22.5 Å². The minimum atomic E-state index is -4.66. The molecular weight excluding hydrogens is 547 g/mol. The predicted octanol–water partition coefficient (Wildman–Crippen LogP) is 4.55. The molecule has 214 valence electrons. The molecule has 2 aromatic heterocycles. The van der Waals surface area contributed by atoms with Crippen LogP contribution in [-0.4, -0.2) is 43.9 Å². The van der Waals surface area contributed by atoms with Crippen molar-refractivity contribution in [2.45, 2.75) is 38.0 Å². The number of nitrogens with zero attached hydrogens (tertiary/aromatic N) is 6. The number of aryl methyl sites for hydroxylation is 1. The minimum absolute atomic E-state index is 0.0102. The molecule has 1 aliphatic carbocycles. The number of carbonyl (C=O) groups is 1. The maximum Gasteiger partial charge on any atom is 0.416 e. The first-order valence-electron chi connectivity index (χ1n) is 13.4. The van der Waals surface area contributed by atoms with Crippen molar-refractivity contribution < 1.29 is 23.1 Å². The van der Waals surface area contributed by atoms with Crippen molar-refractivity contribution in [1.82, 2.24) is 25.1 Å². The molecule has 9 nitrogen and oxygen atoms in total. The van der Waals surface area contributed by atoms with Crippen molar-refractivity contribution in [3.63, 3.8) is 0 Å². The van der Waals surface area contributed by atoms with Gasteiger partial charge < -0.3 is 15.0 Å². The Bertz CT molecular complexity index is 1740. The molecule has 0 atom stereocenters. The van der Waals surface area contributed by atoms with Gasteiger partial charge >= 0.3 is 6.18 Å². The summed E-state index contributed by atoms with van der Waals surface area (Å²) < 4.78 is 44.2. The largest absolute Gasteiger partial charge is 0.416 e. The van der Waals surface area contributed by atoms with E-state index in [0.717, 1.165) is 30.2 Å². The topological polar surface area (TPSA) is 120 Å². The standard InChI is InChI=1S/C30H26F3N7O2/c1-39-16-36-38-28(39)22-8-17(13-34)2-5-21(22)20-11-26(19-3-4-19)37-27(12-20)40-15-24-23(29(40)42)9-18(14-35-6-7-41)10-25(24)30(31,32)33/h2,5,8-12,16,19,35,41H,3-4,6-7,14-15H2,1H3. The molecule has 2 N–H and O–H groups in total. The average Bonchev–Trinajstić information content (AvgIpc) is 3.66. The summed E-state index contributed by atoms with van der Waals surface area (Å²) in [5.41, 5.74) is 2.63. The molecule has 0 unspecified atom stereocenters. The van der Waals surface area contributed by atoms with E-state index < -0.39 is 17.6 Å². The molecule has 4 aromatic rings. The first-order valence-corrected chi connectivity index (χ1v) is 13.4. The number of pyridine rings is 1. The van der Waals surface area contributed by atoms with Crippen LogP contribution < -0.4 is 10.2 Å². The zero-order valence-corrected chi connectivity index (χ0v) is 22.6.